The molecule has 0 aromatic carbocycles. The van der Waals surface area contributed by atoms with E-state index in [1.165, 1.54) is 12.8 Å². The highest BCUT2D eigenvalue weighted by Crippen LogP contribution is 2.18. The largest absolute Gasteiger partial charge is 0.354 e. The minimum Gasteiger partial charge on any atom is -0.354 e. The molecular formula is C10H15FN4. The van der Waals surface area contributed by atoms with Crippen LogP contribution in [0, 0.1) is 5.82 Å². The van der Waals surface area contributed by atoms with Crippen LogP contribution in [0.2, 0.25) is 0 Å². The first-order valence-corrected chi connectivity index (χ1v) is 5.29. The van der Waals surface area contributed by atoms with E-state index >= 15 is 0 Å². The fourth-order valence-electron chi connectivity index (χ4n) is 1.29. The Kier molecular flexibility index (Phi) is 3.45. The highest BCUT2D eigenvalue weighted by atomic mass is 19.1. The van der Waals surface area contributed by atoms with Crippen molar-refractivity contribution in [3.8, 4) is 0 Å². The Bertz CT molecular complexity index is 297. The van der Waals surface area contributed by atoms with Crippen molar-refractivity contribution in [2.45, 2.75) is 25.3 Å². The molecule has 1 aliphatic carbocycles. The van der Waals surface area contributed by atoms with Gasteiger partial charge in [0.2, 0.25) is 5.95 Å². The van der Waals surface area contributed by atoms with E-state index in [1.807, 2.05) is 0 Å². The molecule has 0 spiro atoms. The third-order valence-corrected chi connectivity index (χ3v) is 2.27. The van der Waals surface area contributed by atoms with Gasteiger partial charge in [-0.05, 0) is 25.8 Å². The van der Waals surface area contributed by atoms with E-state index in [2.05, 4.69) is 20.6 Å². The highest BCUT2D eigenvalue weighted by Gasteiger charge is 2.19. The summed E-state index contributed by atoms with van der Waals surface area (Å²) in [6.45, 7) is 1.82. The van der Waals surface area contributed by atoms with E-state index < -0.39 is 5.82 Å². The molecule has 0 aliphatic heterocycles. The molecule has 0 atom stereocenters. The van der Waals surface area contributed by atoms with Crippen LogP contribution in [-0.2, 0) is 0 Å². The maximum Gasteiger partial charge on any atom is 0.222 e. The first-order valence-electron chi connectivity index (χ1n) is 5.29. The first-order chi connectivity index (χ1) is 7.34. The zero-order valence-corrected chi connectivity index (χ0v) is 8.54. The second kappa shape index (κ2) is 5.02. The number of nitrogens with one attached hydrogen (secondary N) is 2. The van der Waals surface area contributed by atoms with Gasteiger partial charge in [-0.25, -0.2) is 14.4 Å². The molecule has 1 heterocycles. The third-order valence-electron chi connectivity index (χ3n) is 2.27. The lowest BCUT2D eigenvalue weighted by Crippen LogP contribution is -2.20. The van der Waals surface area contributed by atoms with Crippen LogP contribution in [0.25, 0.3) is 0 Å². The summed E-state index contributed by atoms with van der Waals surface area (Å²) >= 11 is 0. The maximum atomic E-state index is 12.5. The number of nitrogens with zero attached hydrogens (tertiary/aromatic N) is 2. The van der Waals surface area contributed by atoms with Crippen LogP contribution in [0.3, 0.4) is 0 Å². The van der Waals surface area contributed by atoms with Gasteiger partial charge in [-0.2, -0.15) is 0 Å². The summed E-state index contributed by atoms with van der Waals surface area (Å²) in [6.07, 6.45) is 5.98. The summed E-state index contributed by atoms with van der Waals surface area (Å²) in [6, 6.07) is 0.757. The number of hydrogen-bond donors (Lipinski definition) is 2. The second-order valence-corrected chi connectivity index (χ2v) is 3.73. The van der Waals surface area contributed by atoms with Crippen molar-refractivity contribution in [3.63, 3.8) is 0 Å². The lowest BCUT2D eigenvalue weighted by atomic mass is 10.4. The molecule has 4 nitrogen and oxygen atoms in total. The third kappa shape index (κ3) is 3.79. The van der Waals surface area contributed by atoms with Gasteiger partial charge in [-0.15, -0.1) is 0 Å². The molecule has 0 saturated heterocycles. The zero-order valence-electron chi connectivity index (χ0n) is 8.54. The van der Waals surface area contributed by atoms with Crippen molar-refractivity contribution >= 4 is 5.95 Å². The normalized spacial score (nSPS) is 15.3. The van der Waals surface area contributed by atoms with Crippen LogP contribution in [-0.4, -0.2) is 29.1 Å². The number of aromatic nitrogens is 2. The van der Waals surface area contributed by atoms with Gasteiger partial charge >= 0.3 is 0 Å². The van der Waals surface area contributed by atoms with E-state index in [-0.39, 0.29) is 0 Å². The molecular weight excluding hydrogens is 195 g/mol. The zero-order chi connectivity index (χ0) is 10.5. The van der Waals surface area contributed by atoms with Gasteiger partial charge in [-0.1, -0.05) is 0 Å². The van der Waals surface area contributed by atoms with Crippen molar-refractivity contribution in [2.75, 3.05) is 18.4 Å². The SMILES string of the molecule is Fc1cnc(NCCCNC2CC2)nc1. The van der Waals surface area contributed by atoms with Crippen molar-refractivity contribution in [1.82, 2.24) is 15.3 Å². The fraction of sp³-hybridized carbons (Fsp3) is 0.600. The Balaban J connectivity index is 1.58. The lowest BCUT2D eigenvalue weighted by Gasteiger charge is -2.04. The molecule has 1 aromatic rings. The monoisotopic (exact) mass is 210 g/mol. The van der Waals surface area contributed by atoms with Crippen molar-refractivity contribution < 1.29 is 4.39 Å². The fourth-order valence-corrected chi connectivity index (χ4v) is 1.29. The van der Waals surface area contributed by atoms with E-state index in [4.69, 9.17) is 0 Å². The standard InChI is InChI=1S/C10H15FN4/c11-8-6-14-10(15-7-8)13-5-1-4-12-9-2-3-9/h6-7,9,12H,1-5H2,(H,13,14,15). The Morgan fingerprint density at radius 1 is 1.27 bits per heavy atom. The molecule has 2 rings (SSSR count). The predicted molar refractivity (Wildman–Crippen MR) is 56.1 cm³/mol. The quantitative estimate of drug-likeness (QED) is 0.692. The highest BCUT2D eigenvalue weighted by molar-refractivity contribution is 5.21. The van der Waals surface area contributed by atoms with Crippen LogP contribution in [0.5, 0.6) is 0 Å². The van der Waals surface area contributed by atoms with E-state index in [0.29, 0.717) is 5.95 Å². The average molecular weight is 210 g/mol. The van der Waals surface area contributed by atoms with Gasteiger partial charge in [0.15, 0.2) is 5.82 Å². The molecule has 5 heteroatoms. The molecule has 0 radical (unpaired) electrons. The number of halogens is 1. The molecule has 15 heavy (non-hydrogen) atoms. The minimum absolute atomic E-state index is 0.407. The van der Waals surface area contributed by atoms with E-state index in [1.54, 1.807) is 0 Å². The smallest absolute Gasteiger partial charge is 0.222 e. The van der Waals surface area contributed by atoms with Crippen LogP contribution >= 0.6 is 0 Å². The Labute approximate surface area is 88.3 Å². The summed E-state index contributed by atoms with van der Waals surface area (Å²) in [7, 11) is 0. The predicted octanol–water partition coefficient (Wildman–Crippen LogP) is 1.17. The Hall–Kier alpha value is -1.23. The molecule has 0 unspecified atom stereocenters. The molecule has 1 aromatic heterocycles. The van der Waals surface area contributed by atoms with Crippen LogP contribution in [0.15, 0.2) is 12.4 Å². The van der Waals surface area contributed by atoms with Gasteiger partial charge in [0.05, 0.1) is 12.4 Å². The molecule has 82 valence electrons. The minimum atomic E-state index is -0.407. The lowest BCUT2D eigenvalue weighted by molar-refractivity contribution is 0.613. The maximum absolute atomic E-state index is 12.5. The second-order valence-electron chi connectivity index (χ2n) is 3.73. The van der Waals surface area contributed by atoms with E-state index in [0.717, 1.165) is 37.9 Å². The summed E-state index contributed by atoms with van der Waals surface area (Å²) in [5.41, 5.74) is 0. The van der Waals surface area contributed by atoms with Crippen molar-refractivity contribution in [1.29, 1.82) is 0 Å². The van der Waals surface area contributed by atoms with E-state index in [9.17, 15) is 4.39 Å². The Morgan fingerprint density at radius 2 is 2.00 bits per heavy atom. The summed E-state index contributed by atoms with van der Waals surface area (Å²) in [5.74, 6) is 0.0822. The summed E-state index contributed by atoms with van der Waals surface area (Å²) in [4.78, 5) is 7.61. The molecule has 0 bridgehead atoms. The summed E-state index contributed by atoms with van der Waals surface area (Å²) in [5, 5.41) is 6.45. The van der Waals surface area contributed by atoms with Crippen molar-refractivity contribution in [2.24, 2.45) is 0 Å². The van der Waals surface area contributed by atoms with Gasteiger partial charge in [0.1, 0.15) is 0 Å². The van der Waals surface area contributed by atoms with Crippen molar-refractivity contribution in [3.05, 3.63) is 18.2 Å². The Morgan fingerprint density at radius 3 is 2.67 bits per heavy atom. The number of anilines is 1. The number of rotatable bonds is 6. The van der Waals surface area contributed by atoms with Crippen LogP contribution < -0.4 is 10.6 Å². The molecule has 1 fully saturated rings. The van der Waals surface area contributed by atoms with Gasteiger partial charge in [-0.3, -0.25) is 0 Å². The first kappa shape index (κ1) is 10.3. The molecule has 2 N–H and O–H groups in total. The van der Waals surface area contributed by atoms with Crippen LogP contribution in [0.1, 0.15) is 19.3 Å². The number of hydrogen-bond acceptors (Lipinski definition) is 4. The average Bonchev–Trinajstić information content (AvgIpc) is 3.04. The molecule has 0 amide bonds. The van der Waals surface area contributed by atoms with Gasteiger partial charge in [0.25, 0.3) is 0 Å². The molecule has 1 saturated carbocycles. The topological polar surface area (TPSA) is 49.8 Å². The van der Waals surface area contributed by atoms with Gasteiger partial charge < -0.3 is 10.6 Å². The summed E-state index contributed by atoms with van der Waals surface area (Å²) < 4.78 is 12.5. The molecule has 1 aliphatic rings. The van der Waals surface area contributed by atoms with Gasteiger partial charge in [0, 0.05) is 12.6 Å². The van der Waals surface area contributed by atoms with Crippen LogP contribution in [0.4, 0.5) is 10.3 Å².